The van der Waals surface area contributed by atoms with Crippen molar-refractivity contribution in [3.05, 3.63) is 34.6 Å². The van der Waals surface area contributed by atoms with Crippen molar-refractivity contribution < 1.29 is 18.0 Å². The number of alkyl halides is 3. The molecule has 1 aliphatic heterocycles. The van der Waals surface area contributed by atoms with Gasteiger partial charge in [-0.3, -0.25) is 4.79 Å². The molecule has 1 aromatic rings. The second-order valence-electron chi connectivity index (χ2n) is 3.97. The Bertz CT molecular complexity index is 513. The van der Waals surface area contributed by atoms with E-state index in [2.05, 4.69) is 10.2 Å². The molecule has 102 valence electrons. The van der Waals surface area contributed by atoms with E-state index in [-0.39, 0.29) is 30.4 Å². The maximum absolute atomic E-state index is 12.4. The van der Waals surface area contributed by atoms with Crippen molar-refractivity contribution in [1.82, 2.24) is 15.1 Å². The Morgan fingerprint density at radius 3 is 2.53 bits per heavy atom. The highest BCUT2D eigenvalue weighted by Gasteiger charge is 2.35. The molecule has 0 saturated carbocycles. The standard InChI is InChI=1S/C11H9ClF3N3O/c12-9-2-1-8(16-17-9)10(19)18-5-3-7(4-6-18)11(13,14)15/h1-3H,4-6H2. The van der Waals surface area contributed by atoms with Crippen LogP contribution in [0.1, 0.15) is 16.9 Å². The minimum absolute atomic E-state index is 0.00842. The average Bonchev–Trinajstić information content (AvgIpc) is 2.38. The van der Waals surface area contributed by atoms with E-state index < -0.39 is 17.7 Å². The molecule has 0 bridgehead atoms. The first-order chi connectivity index (χ1) is 8.88. The number of rotatable bonds is 1. The highest BCUT2D eigenvalue weighted by atomic mass is 35.5. The Labute approximate surface area is 111 Å². The van der Waals surface area contributed by atoms with Gasteiger partial charge in [-0.05, 0) is 18.6 Å². The molecule has 1 amide bonds. The van der Waals surface area contributed by atoms with Crippen molar-refractivity contribution in [3.8, 4) is 0 Å². The van der Waals surface area contributed by atoms with Crippen molar-refractivity contribution in [3.63, 3.8) is 0 Å². The van der Waals surface area contributed by atoms with Gasteiger partial charge < -0.3 is 4.90 Å². The lowest BCUT2D eigenvalue weighted by molar-refractivity contribution is -0.0957. The highest BCUT2D eigenvalue weighted by molar-refractivity contribution is 6.29. The van der Waals surface area contributed by atoms with Gasteiger partial charge in [-0.25, -0.2) is 0 Å². The molecule has 0 fully saturated rings. The van der Waals surface area contributed by atoms with Crippen molar-refractivity contribution >= 4 is 17.5 Å². The topological polar surface area (TPSA) is 46.1 Å². The van der Waals surface area contributed by atoms with E-state index in [9.17, 15) is 18.0 Å². The third kappa shape index (κ3) is 3.23. The van der Waals surface area contributed by atoms with Crippen molar-refractivity contribution in [2.24, 2.45) is 0 Å². The second kappa shape index (κ2) is 5.16. The summed E-state index contributed by atoms with van der Waals surface area (Å²) >= 11 is 5.54. The fourth-order valence-electron chi connectivity index (χ4n) is 1.70. The van der Waals surface area contributed by atoms with Gasteiger partial charge in [0.15, 0.2) is 10.8 Å². The number of nitrogens with zero attached hydrogens (tertiary/aromatic N) is 3. The number of hydrogen-bond acceptors (Lipinski definition) is 3. The van der Waals surface area contributed by atoms with E-state index in [1.54, 1.807) is 0 Å². The summed E-state index contributed by atoms with van der Waals surface area (Å²) in [7, 11) is 0. The molecule has 2 heterocycles. The zero-order chi connectivity index (χ0) is 14.0. The van der Waals surface area contributed by atoms with Crippen LogP contribution in [-0.4, -0.2) is 40.3 Å². The molecule has 19 heavy (non-hydrogen) atoms. The zero-order valence-electron chi connectivity index (χ0n) is 9.62. The summed E-state index contributed by atoms with van der Waals surface area (Å²) < 4.78 is 37.3. The molecule has 1 aliphatic rings. The van der Waals surface area contributed by atoms with Crippen LogP contribution in [0.3, 0.4) is 0 Å². The molecule has 0 N–H and O–H groups in total. The van der Waals surface area contributed by atoms with Gasteiger partial charge in [0, 0.05) is 18.7 Å². The molecule has 0 atom stereocenters. The van der Waals surface area contributed by atoms with E-state index >= 15 is 0 Å². The van der Waals surface area contributed by atoms with E-state index in [1.165, 1.54) is 17.0 Å². The first kappa shape index (κ1) is 13.8. The molecule has 0 spiro atoms. The Hall–Kier alpha value is -1.63. The van der Waals surface area contributed by atoms with Crippen LogP contribution >= 0.6 is 11.6 Å². The molecule has 0 aliphatic carbocycles. The monoisotopic (exact) mass is 291 g/mol. The fourth-order valence-corrected chi connectivity index (χ4v) is 1.80. The average molecular weight is 292 g/mol. The maximum Gasteiger partial charge on any atom is 0.412 e. The Morgan fingerprint density at radius 1 is 1.32 bits per heavy atom. The third-order valence-corrected chi connectivity index (χ3v) is 2.91. The van der Waals surface area contributed by atoms with Crippen LogP contribution in [0, 0.1) is 0 Å². The molecule has 0 aromatic carbocycles. The predicted octanol–water partition coefficient (Wildman–Crippen LogP) is 2.46. The molecule has 0 saturated heterocycles. The van der Waals surface area contributed by atoms with Crippen molar-refractivity contribution in [1.29, 1.82) is 0 Å². The van der Waals surface area contributed by atoms with E-state index in [4.69, 9.17) is 11.6 Å². The smallest absolute Gasteiger partial charge is 0.333 e. The normalized spacial score (nSPS) is 16.2. The lowest BCUT2D eigenvalue weighted by Gasteiger charge is -2.26. The van der Waals surface area contributed by atoms with Gasteiger partial charge in [-0.1, -0.05) is 17.7 Å². The number of halogens is 4. The molecule has 8 heteroatoms. The van der Waals surface area contributed by atoms with Crippen LogP contribution in [0.15, 0.2) is 23.8 Å². The van der Waals surface area contributed by atoms with Crippen molar-refractivity contribution in [2.45, 2.75) is 12.6 Å². The second-order valence-corrected chi connectivity index (χ2v) is 4.36. The number of hydrogen-bond donors (Lipinski definition) is 0. The van der Waals surface area contributed by atoms with Crippen LogP contribution in [-0.2, 0) is 0 Å². The molecular formula is C11H9ClF3N3O. The minimum Gasteiger partial charge on any atom is -0.333 e. The number of carbonyl (C=O) groups excluding carboxylic acids is 1. The van der Waals surface area contributed by atoms with Gasteiger partial charge in [-0.2, -0.15) is 13.2 Å². The summed E-state index contributed by atoms with van der Waals surface area (Å²) in [6.45, 7) is -0.0769. The van der Waals surface area contributed by atoms with E-state index in [0.29, 0.717) is 0 Å². The Morgan fingerprint density at radius 2 is 2.05 bits per heavy atom. The molecule has 2 rings (SSSR count). The van der Waals surface area contributed by atoms with Gasteiger partial charge in [-0.15, -0.1) is 10.2 Å². The molecule has 4 nitrogen and oxygen atoms in total. The molecule has 1 aromatic heterocycles. The van der Waals surface area contributed by atoms with Crippen LogP contribution in [0.25, 0.3) is 0 Å². The lowest BCUT2D eigenvalue weighted by Crippen LogP contribution is -2.37. The molecular weight excluding hydrogens is 283 g/mol. The van der Waals surface area contributed by atoms with E-state index in [0.717, 1.165) is 6.08 Å². The number of amides is 1. The van der Waals surface area contributed by atoms with Crippen molar-refractivity contribution in [2.75, 3.05) is 13.1 Å². The number of carbonyl (C=O) groups is 1. The lowest BCUT2D eigenvalue weighted by atomic mass is 10.1. The van der Waals surface area contributed by atoms with Crippen LogP contribution in [0.4, 0.5) is 13.2 Å². The van der Waals surface area contributed by atoms with Crippen LogP contribution in [0.2, 0.25) is 5.15 Å². The number of aromatic nitrogens is 2. The Kier molecular flexibility index (Phi) is 3.75. The summed E-state index contributed by atoms with van der Waals surface area (Å²) in [4.78, 5) is 13.2. The highest BCUT2D eigenvalue weighted by Crippen LogP contribution is 2.30. The fraction of sp³-hybridized carbons (Fsp3) is 0.364. The zero-order valence-corrected chi connectivity index (χ0v) is 10.4. The van der Waals surface area contributed by atoms with Crippen LogP contribution in [0.5, 0.6) is 0 Å². The molecule has 0 unspecified atom stereocenters. The van der Waals surface area contributed by atoms with Gasteiger partial charge in [0.25, 0.3) is 5.91 Å². The first-order valence-corrected chi connectivity index (χ1v) is 5.80. The van der Waals surface area contributed by atoms with Gasteiger partial charge in [0.2, 0.25) is 0 Å². The van der Waals surface area contributed by atoms with Gasteiger partial charge in [0.05, 0.1) is 0 Å². The van der Waals surface area contributed by atoms with Gasteiger partial charge in [0.1, 0.15) is 0 Å². The largest absolute Gasteiger partial charge is 0.412 e. The summed E-state index contributed by atoms with van der Waals surface area (Å²) in [5, 5.41) is 7.27. The SMILES string of the molecule is O=C(c1ccc(Cl)nn1)N1CC=C(C(F)(F)F)CC1. The third-order valence-electron chi connectivity index (χ3n) is 2.71. The summed E-state index contributed by atoms with van der Waals surface area (Å²) in [6, 6.07) is 2.80. The quantitative estimate of drug-likeness (QED) is 0.747. The Balaban J connectivity index is 2.07. The maximum atomic E-state index is 12.4. The predicted molar refractivity (Wildman–Crippen MR) is 61.7 cm³/mol. The first-order valence-electron chi connectivity index (χ1n) is 5.42. The van der Waals surface area contributed by atoms with E-state index in [1.807, 2.05) is 0 Å². The van der Waals surface area contributed by atoms with Gasteiger partial charge >= 0.3 is 6.18 Å². The summed E-state index contributed by atoms with van der Waals surface area (Å²) in [6.07, 6.45) is -3.52. The van der Waals surface area contributed by atoms with Crippen LogP contribution < -0.4 is 0 Å². The molecule has 0 radical (unpaired) electrons. The minimum atomic E-state index is -4.32. The summed E-state index contributed by atoms with van der Waals surface area (Å²) in [5.41, 5.74) is -0.535. The summed E-state index contributed by atoms with van der Waals surface area (Å²) in [5.74, 6) is -0.457.